The molecule has 0 aromatic heterocycles. The number of carbonyl (C=O) groups excluding carboxylic acids is 1. The predicted octanol–water partition coefficient (Wildman–Crippen LogP) is 2.05. The van der Waals surface area contributed by atoms with E-state index in [0.29, 0.717) is 36.1 Å². The van der Waals surface area contributed by atoms with Crippen LogP contribution in [-0.2, 0) is 0 Å². The summed E-state index contributed by atoms with van der Waals surface area (Å²) >= 11 is 0. The molecular weight excluding hydrogens is 216 g/mol. The Labute approximate surface area is 102 Å². The molecule has 0 saturated carbocycles. The molecule has 4 heteroatoms. The minimum absolute atomic E-state index is 0.0975. The third-order valence-corrected chi connectivity index (χ3v) is 2.25. The van der Waals surface area contributed by atoms with Crippen molar-refractivity contribution in [3.8, 4) is 5.75 Å². The Balaban J connectivity index is 2.76. The van der Waals surface area contributed by atoms with Crippen LogP contribution in [0.5, 0.6) is 5.75 Å². The van der Waals surface area contributed by atoms with Crippen LogP contribution in [0.15, 0.2) is 18.2 Å². The summed E-state index contributed by atoms with van der Waals surface area (Å²) in [5.41, 5.74) is 6.86. The van der Waals surface area contributed by atoms with Crippen molar-refractivity contribution in [3.63, 3.8) is 0 Å². The Kier molecular flexibility index (Phi) is 4.82. The molecule has 0 bridgehead atoms. The number of ether oxygens (including phenoxy) is 1. The highest BCUT2D eigenvalue weighted by Gasteiger charge is 2.09. The number of amides is 1. The number of hydrogen-bond acceptors (Lipinski definition) is 3. The van der Waals surface area contributed by atoms with Gasteiger partial charge in [-0.25, -0.2) is 0 Å². The largest absolute Gasteiger partial charge is 0.492 e. The molecule has 1 aromatic carbocycles. The standard InChI is InChI=1S/C13H20N2O2/c1-4-17-12-7-10(5-6-11(12)14)13(16)15-8-9(2)3/h5-7,9H,4,8,14H2,1-3H3,(H,15,16). The lowest BCUT2D eigenvalue weighted by molar-refractivity contribution is 0.0948. The normalized spacial score (nSPS) is 10.4. The average Bonchev–Trinajstić information content (AvgIpc) is 2.29. The fourth-order valence-electron chi connectivity index (χ4n) is 1.35. The van der Waals surface area contributed by atoms with Crippen molar-refractivity contribution in [1.29, 1.82) is 0 Å². The van der Waals surface area contributed by atoms with Crippen molar-refractivity contribution in [2.75, 3.05) is 18.9 Å². The summed E-state index contributed by atoms with van der Waals surface area (Å²) in [5.74, 6) is 0.892. The van der Waals surface area contributed by atoms with Crippen molar-refractivity contribution in [3.05, 3.63) is 23.8 Å². The number of hydrogen-bond donors (Lipinski definition) is 2. The van der Waals surface area contributed by atoms with E-state index >= 15 is 0 Å². The fourth-order valence-corrected chi connectivity index (χ4v) is 1.35. The van der Waals surface area contributed by atoms with Crippen LogP contribution in [0.2, 0.25) is 0 Å². The van der Waals surface area contributed by atoms with Crippen LogP contribution in [0.4, 0.5) is 5.69 Å². The van der Waals surface area contributed by atoms with E-state index in [4.69, 9.17) is 10.5 Å². The van der Waals surface area contributed by atoms with Crippen LogP contribution in [0.25, 0.3) is 0 Å². The SMILES string of the molecule is CCOc1cc(C(=O)NCC(C)C)ccc1N. The van der Waals surface area contributed by atoms with Crippen LogP contribution < -0.4 is 15.8 Å². The third kappa shape index (κ3) is 3.98. The molecule has 0 heterocycles. The van der Waals surface area contributed by atoms with Gasteiger partial charge in [0.05, 0.1) is 12.3 Å². The van der Waals surface area contributed by atoms with Gasteiger partial charge in [-0.1, -0.05) is 13.8 Å². The summed E-state index contributed by atoms with van der Waals surface area (Å²) in [7, 11) is 0. The maximum atomic E-state index is 11.8. The quantitative estimate of drug-likeness (QED) is 0.769. The van der Waals surface area contributed by atoms with Gasteiger partial charge in [-0.05, 0) is 31.0 Å². The van der Waals surface area contributed by atoms with Gasteiger partial charge in [0, 0.05) is 12.1 Å². The smallest absolute Gasteiger partial charge is 0.251 e. The second-order valence-electron chi connectivity index (χ2n) is 4.29. The molecule has 0 aliphatic rings. The number of carbonyl (C=O) groups is 1. The minimum atomic E-state index is -0.0975. The van der Waals surface area contributed by atoms with Gasteiger partial charge in [0.15, 0.2) is 0 Å². The lowest BCUT2D eigenvalue weighted by Crippen LogP contribution is -2.27. The summed E-state index contributed by atoms with van der Waals surface area (Å²) in [5, 5.41) is 2.85. The zero-order chi connectivity index (χ0) is 12.8. The highest BCUT2D eigenvalue weighted by molar-refractivity contribution is 5.95. The van der Waals surface area contributed by atoms with Gasteiger partial charge in [0.1, 0.15) is 5.75 Å². The molecule has 4 nitrogen and oxygen atoms in total. The van der Waals surface area contributed by atoms with E-state index in [-0.39, 0.29) is 5.91 Å². The number of rotatable bonds is 5. The molecule has 1 aromatic rings. The Morgan fingerprint density at radius 1 is 1.47 bits per heavy atom. The van der Waals surface area contributed by atoms with Crippen molar-refractivity contribution in [2.24, 2.45) is 5.92 Å². The van der Waals surface area contributed by atoms with E-state index in [1.54, 1.807) is 18.2 Å². The molecule has 94 valence electrons. The number of benzene rings is 1. The Bertz CT molecular complexity index is 389. The highest BCUT2D eigenvalue weighted by Crippen LogP contribution is 2.22. The summed E-state index contributed by atoms with van der Waals surface area (Å²) in [6, 6.07) is 5.07. The molecule has 0 spiro atoms. The van der Waals surface area contributed by atoms with Gasteiger partial charge in [-0.2, -0.15) is 0 Å². The van der Waals surface area contributed by atoms with Crippen molar-refractivity contribution in [1.82, 2.24) is 5.32 Å². The number of nitrogen functional groups attached to an aromatic ring is 1. The van der Waals surface area contributed by atoms with Crippen LogP contribution in [0.3, 0.4) is 0 Å². The van der Waals surface area contributed by atoms with E-state index in [0.717, 1.165) is 0 Å². The van der Waals surface area contributed by atoms with E-state index in [1.807, 2.05) is 6.92 Å². The van der Waals surface area contributed by atoms with Gasteiger partial charge in [-0.3, -0.25) is 4.79 Å². The van der Waals surface area contributed by atoms with Crippen molar-refractivity contribution in [2.45, 2.75) is 20.8 Å². The molecule has 0 aliphatic carbocycles. The van der Waals surface area contributed by atoms with Crippen LogP contribution in [0.1, 0.15) is 31.1 Å². The first-order chi connectivity index (χ1) is 8.04. The molecule has 0 saturated heterocycles. The Morgan fingerprint density at radius 3 is 2.76 bits per heavy atom. The highest BCUT2D eigenvalue weighted by atomic mass is 16.5. The van der Waals surface area contributed by atoms with Crippen molar-refractivity contribution >= 4 is 11.6 Å². The Morgan fingerprint density at radius 2 is 2.18 bits per heavy atom. The first-order valence-corrected chi connectivity index (χ1v) is 5.85. The molecule has 0 aliphatic heterocycles. The molecule has 1 amide bonds. The van der Waals surface area contributed by atoms with E-state index in [9.17, 15) is 4.79 Å². The number of nitrogens with one attached hydrogen (secondary N) is 1. The fraction of sp³-hybridized carbons (Fsp3) is 0.462. The van der Waals surface area contributed by atoms with Gasteiger partial charge in [-0.15, -0.1) is 0 Å². The van der Waals surface area contributed by atoms with Gasteiger partial charge in [0.2, 0.25) is 0 Å². The summed E-state index contributed by atoms with van der Waals surface area (Å²) in [6.45, 7) is 7.17. The van der Waals surface area contributed by atoms with Crippen LogP contribution in [0, 0.1) is 5.92 Å². The first kappa shape index (κ1) is 13.4. The molecule has 3 N–H and O–H groups in total. The van der Waals surface area contributed by atoms with Gasteiger partial charge in [0.25, 0.3) is 5.91 Å². The van der Waals surface area contributed by atoms with E-state index in [2.05, 4.69) is 19.2 Å². The lowest BCUT2D eigenvalue weighted by atomic mass is 10.1. The molecule has 0 radical (unpaired) electrons. The summed E-state index contributed by atoms with van der Waals surface area (Å²) < 4.78 is 5.35. The number of nitrogens with two attached hydrogens (primary N) is 1. The molecule has 0 unspecified atom stereocenters. The summed E-state index contributed by atoms with van der Waals surface area (Å²) in [4.78, 5) is 11.8. The predicted molar refractivity (Wildman–Crippen MR) is 69.2 cm³/mol. The zero-order valence-electron chi connectivity index (χ0n) is 10.6. The molecule has 17 heavy (non-hydrogen) atoms. The monoisotopic (exact) mass is 236 g/mol. The van der Waals surface area contributed by atoms with Crippen LogP contribution in [-0.4, -0.2) is 19.1 Å². The molecular formula is C13H20N2O2. The van der Waals surface area contributed by atoms with Crippen LogP contribution >= 0.6 is 0 Å². The third-order valence-electron chi connectivity index (χ3n) is 2.25. The molecule has 1 rings (SSSR count). The summed E-state index contributed by atoms with van der Waals surface area (Å²) in [6.07, 6.45) is 0. The average molecular weight is 236 g/mol. The second kappa shape index (κ2) is 6.13. The van der Waals surface area contributed by atoms with Gasteiger partial charge < -0.3 is 15.8 Å². The first-order valence-electron chi connectivity index (χ1n) is 5.85. The molecule has 0 fully saturated rings. The van der Waals surface area contributed by atoms with E-state index < -0.39 is 0 Å². The maximum absolute atomic E-state index is 11.8. The van der Waals surface area contributed by atoms with Gasteiger partial charge >= 0.3 is 0 Å². The zero-order valence-corrected chi connectivity index (χ0v) is 10.6. The second-order valence-corrected chi connectivity index (χ2v) is 4.29. The minimum Gasteiger partial charge on any atom is -0.492 e. The number of anilines is 1. The Hall–Kier alpha value is -1.71. The van der Waals surface area contributed by atoms with Crippen molar-refractivity contribution < 1.29 is 9.53 Å². The lowest BCUT2D eigenvalue weighted by Gasteiger charge is -2.10. The topological polar surface area (TPSA) is 64.3 Å². The van der Waals surface area contributed by atoms with E-state index in [1.165, 1.54) is 0 Å². The maximum Gasteiger partial charge on any atom is 0.251 e. The molecule has 0 atom stereocenters.